The lowest BCUT2D eigenvalue weighted by atomic mass is 10.1. The summed E-state index contributed by atoms with van der Waals surface area (Å²) in [4.78, 5) is 26.1. The molecule has 1 saturated heterocycles. The quantitative estimate of drug-likeness (QED) is 0.882. The molecule has 1 N–H and O–H groups in total. The highest BCUT2D eigenvalue weighted by atomic mass is 35.5. The van der Waals surface area contributed by atoms with E-state index < -0.39 is 0 Å². The maximum Gasteiger partial charge on any atom is 0.274 e. The lowest BCUT2D eigenvalue weighted by Gasteiger charge is -2.32. The van der Waals surface area contributed by atoms with Crippen molar-refractivity contribution in [3.8, 4) is 0 Å². The summed E-state index contributed by atoms with van der Waals surface area (Å²) in [5, 5.41) is 7.50. The molecule has 3 rings (SSSR count). The van der Waals surface area contributed by atoms with Gasteiger partial charge in [0.1, 0.15) is 12.6 Å². The third-order valence-corrected chi connectivity index (χ3v) is 4.62. The van der Waals surface area contributed by atoms with Crippen LogP contribution in [-0.2, 0) is 16.1 Å². The van der Waals surface area contributed by atoms with Crippen LogP contribution in [0.4, 0.5) is 0 Å². The molecule has 2 heterocycles. The van der Waals surface area contributed by atoms with E-state index in [0.717, 1.165) is 11.3 Å². The number of morpholine rings is 1. The van der Waals surface area contributed by atoms with Gasteiger partial charge in [-0.2, -0.15) is 5.10 Å². The molecule has 1 aliphatic rings. The molecule has 1 unspecified atom stereocenters. The van der Waals surface area contributed by atoms with Crippen LogP contribution in [0.15, 0.2) is 30.3 Å². The van der Waals surface area contributed by atoms with E-state index in [1.54, 1.807) is 18.0 Å². The van der Waals surface area contributed by atoms with Crippen molar-refractivity contribution in [2.45, 2.75) is 19.6 Å². The van der Waals surface area contributed by atoms with Gasteiger partial charge in [-0.25, -0.2) is 0 Å². The molecule has 0 saturated carbocycles. The van der Waals surface area contributed by atoms with Crippen LogP contribution in [0.3, 0.4) is 0 Å². The maximum atomic E-state index is 12.8. The molecule has 138 valence electrons. The zero-order valence-electron chi connectivity index (χ0n) is 14.7. The number of aryl methyl sites for hydroxylation is 1. The van der Waals surface area contributed by atoms with Gasteiger partial charge in [-0.3, -0.25) is 14.3 Å². The molecule has 1 aliphatic heterocycles. The largest absolute Gasteiger partial charge is 0.370 e. The first-order valence-corrected chi connectivity index (χ1v) is 8.77. The standard InChI is InChI=1S/C18H21ClN4O3/c1-12-9-15(21-23(12)11-17(24)20-2)18(25)22-7-8-26-16(10-22)13-3-5-14(19)6-4-13/h3-6,9,16H,7-8,10-11H2,1-2H3,(H,20,24). The number of nitrogens with zero attached hydrogens (tertiary/aromatic N) is 3. The number of hydrogen-bond acceptors (Lipinski definition) is 4. The normalized spacial score (nSPS) is 17.2. The van der Waals surface area contributed by atoms with Crippen molar-refractivity contribution < 1.29 is 14.3 Å². The fourth-order valence-electron chi connectivity index (χ4n) is 2.86. The van der Waals surface area contributed by atoms with E-state index in [1.807, 2.05) is 31.2 Å². The number of ether oxygens (including phenoxy) is 1. The highest BCUT2D eigenvalue weighted by Crippen LogP contribution is 2.24. The average Bonchev–Trinajstić information content (AvgIpc) is 3.02. The van der Waals surface area contributed by atoms with Crippen molar-refractivity contribution in [2.24, 2.45) is 0 Å². The van der Waals surface area contributed by atoms with Gasteiger partial charge < -0.3 is 15.0 Å². The number of benzene rings is 1. The van der Waals surface area contributed by atoms with Crippen LogP contribution in [0, 0.1) is 6.92 Å². The van der Waals surface area contributed by atoms with Gasteiger partial charge in [0.25, 0.3) is 5.91 Å². The predicted octanol–water partition coefficient (Wildman–Crippen LogP) is 1.80. The second kappa shape index (κ2) is 7.88. The van der Waals surface area contributed by atoms with Crippen LogP contribution in [0.5, 0.6) is 0 Å². The van der Waals surface area contributed by atoms with E-state index in [0.29, 0.717) is 30.4 Å². The number of likely N-dealkylation sites (N-methyl/N-ethyl adjacent to an activating group) is 1. The fraction of sp³-hybridized carbons (Fsp3) is 0.389. The van der Waals surface area contributed by atoms with Crippen molar-refractivity contribution in [1.82, 2.24) is 20.0 Å². The van der Waals surface area contributed by atoms with Gasteiger partial charge in [-0.1, -0.05) is 23.7 Å². The molecule has 0 bridgehead atoms. The number of carbonyl (C=O) groups excluding carboxylic acids is 2. The molecule has 7 nitrogen and oxygen atoms in total. The van der Waals surface area contributed by atoms with Gasteiger partial charge in [-0.05, 0) is 30.7 Å². The third kappa shape index (κ3) is 4.05. The number of aromatic nitrogens is 2. The minimum Gasteiger partial charge on any atom is -0.370 e. The zero-order valence-corrected chi connectivity index (χ0v) is 15.5. The van der Waals surface area contributed by atoms with Crippen LogP contribution >= 0.6 is 11.6 Å². The monoisotopic (exact) mass is 376 g/mol. The third-order valence-electron chi connectivity index (χ3n) is 4.37. The predicted molar refractivity (Wildman–Crippen MR) is 97.1 cm³/mol. The van der Waals surface area contributed by atoms with Crippen LogP contribution < -0.4 is 5.32 Å². The Kier molecular flexibility index (Phi) is 5.58. The van der Waals surface area contributed by atoms with Crippen molar-refractivity contribution in [2.75, 3.05) is 26.7 Å². The van der Waals surface area contributed by atoms with Crippen molar-refractivity contribution >= 4 is 23.4 Å². The van der Waals surface area contributed by atoms with Crippen molar-refractivity contribution in [3.05, 3.63) is 52.3 Å². The van der Waals surface area contributed by atoms with Gasteiger partial charge >= 0.3 is 0 Å². The van der Waals surface area contributed by atoms with Gasteiger partial charge in [0.05, 0.1) is 13.2 Å². The summed E-state index contributed by atoms with van der Waals surface area (Å²) in [6, 6.07) is 9.14. The van der Waals surface area contributed by atoms with Crippen LogP contribution in [0.25, 0.3) is 0 Å². The molecule has 0 radical (unpaired) electrons. The lowest BCUT2D eigenvalue weighted by molar-refractivity contribution is -0.121. The maximum absolute atomic E-state index is 12.8. The molecule has 1 atom stereocenters. The van der Waals surface area contributed by atoms with E-state index in [1.165, 1.54) is 4.68 Å². The molecule has 8 heteroatoms. The summed E-state index contributed by atoms with van der Waals surface area (Å²) in [6.07, 6.45) is -0.195. The Labute approximate surface area is 156 Å². The molecule has 1 fully saturated rings. The van der Waals surface area contributed by atoms with E-state index in [-0.39, 0.29) is 24.5 Å². The highest BCUT2D eigenvalue weighted by Gasteiger charge is 2.27. The Hall–Kier alpha value is -2.38. The topological polar surface area (TPSA) is 76.5 Å². The second-order valence-corrected chi connectivity index (χ2v) is 6.60. The SMILES string of the molecule is CNC(=O)Cn1nc(C(=O)N2CCOC(c3ccc(Cl)cc3)C2)cc1C. The number of carbonyl (C=O) groups is 2. The Balaban J connectivity index is 1.72. The summed E-state index contributed by atoms with van der Waals surface area (Å²) in [6.45, 7) is 3.32. The Bertz CT molecular complexity index is 803. The van der Waals surface area contributed by atoms with Crippen molar-refractivity contribution in [3.63, 3.8) is 0 Å². The highest BCUT2D eigenvalue weighted by molar-refractivity contribution is 6.30. The van der Waals surface area contributed by atoms with Crippen LogP contribution in [0.1, 0.15) is 27.8 Å². The minimum atomic E-state index is -0.195. The van der Waals surface area contributed by atoms with E-state index in [2.05, 4.69) is 10.4 Å². The Morgan fingerprint density at radius 1 is 1.35 bits per heavy atom. The first-order valence-electron chi connectivity index (χ1n) is 8.39. The fourth-order valence-corrected chi connectivity index (χ4v) is 2.99. The summed E-state index contributed by atoms with van der Waals surface area (Å²) in [7, 11) is 1.57. The molecular weight excluding hydrogens is 356 g/mol. The number of nitrogens with one attached hydrogen (secondary N) is 1. The first kappa shape index (κ1) is 18.4. The molecule has 0 aliphatic carbocycles. The number of hydrogen-bond donors (Lipinski definition) is 1. The number of amides is 2. The Morgan fingerprint density at radius 2 is 2.08 bits per heavy atom. The van der Waals surface area contributed by atoms with Crippen LogP contribution in [-0.4, -0.2) is 53.2 Å². The Morgan fingerprint density at radius 3 is 2.77 bits per heavy atom. The number of halogens is 1. The second-order valence-electron chi connectivity index (χ2n) is 6.16. The molecular formula is C18H21ClN4O3. The minimum absolute atomic E-state index is 0.0894. The van der Waals surface area contributed by atoms with E-state index in [4.69, 9.17) is 16.3 Å². The summed E-state index contributed by atoms with van der Waals surface area (Å²) < 4.78 is 7.33. The molecule has 26 heavy (non-hydrogen) atoms. The average molecular weight is 377 g/mol. The smallest absolute Gasteiger partial charge is 0.274 e. The summed E-state index contributed by atoms with van der Waals surface area (Å²) in [5.41, 5.74) is 2.08. The van der Waals surface area contributed by atoms with Gasteiger partial charge in [0.15, 0.2) is 5.69 Å². The van der Waals surface area contributed by atoms with E-state index in [9.17, 15) is 9.59 Å². The number of rotatable bonds is 4. The first-order chi connectivity index (χ1) is 12.5. The molecule has 1 aromatic heterocycles. The summed E-state index contributed by atoms with van der Waals surface area (Å²) >= 11 is 5.93. The lowest BCUT2D eigenvalue weighted by Crippen LogP contribution is -2.42. The summed E-state index contributed by atoms with van der Waals surface area (Å²) in [5.74, 6) is -0.324. The van der Waals surface area contributed by atoms with Crippen LogP contribution in [0.2, 0.25) is 5.02 Å². The van der Waals surface area contributed by atoms with Gasteiger partial charge in [-0.15, -0.1) is 0 Å². The van der Waals surface area contributed by atoms with Gasteiger partial charge in [0, 0.05) is 24.3 Å². The van der Waals surface area contributed by atoms with Crippen molar-refractivity contribution in [1.29, 1.82) is 0 Å². The van der Waals surface area contributed by atoms with Gasteiger partial charge in [0.2, 0.25) is 5.91 Å². The zero-order chi connectivity index (χ0) is 18.7. The molecule has 2 aromatic rings. The van der Waals surface area contributed by atoms with E-state index >= 15 is 0 Å². The molecule has 0 spiro atoms. The molecule has 1 aromatic carbocycles. The molecule has 2 amide bonds.